The number of fused-ring (bicyclic) bond motifs is 1. The Morgan fingerprint density at radius 1 is 0.923 bits per heavy atom. The lowest BCUT2D eigenvalue weighted by molar-refractivity contribution is 0.414. The second-order valence-corrected chi connectivity index (χ2v) is 6.18. The van der Waals surface area contributed by atoms with Gasteiger partial charge >= 0.3 is 0 Å². The van der Waals surface area contributed by atoms with Gasteiger partial charge in [-0.3, -0.25) is 9.36 Å². The Kier molecular flexibility index (Phi) is 4.19. The molecule has 1 heterocycles. The molecule has 0 saturated carbocycles. The Hall–Kier alpha value is -3.11. The Balaban J connectivity index is 2.09. The van der Waals surface area contributed by atoms with Crippen LogP contribution >= 0.6 is 11.6 Å². The minimum absolute atomic E-state index is 0.143. The molecule has 1 aromatic heterocycles. The van der Waals surface area contributed by atoms with Gasteiger partial charge in [-0.1, -0.05) is 35.9 Å². The summed E-state index contributed by atoms with van der Waals surface area (Å²) in [5, 5.41) is 1.09. The van der Waals surface area contributed by atoms with Crippen molar-refractivity contribution in [1.29, 1.82) is 0 Å². The molecule has 0 bridgehead atoms. The van der Waals surface area contributed by atoms with Gasteiger partial charge in [-0.05, 0) is 48.5 Å². The van der Waals surface area contributed by atoms with Gasteiger partial charge in [0.05, 0.1) is 28.7 Å². The van der Waals surface area contributed by atoms with E-state index in [4.69, 9.17) is 21.3 Å². The molecule has 3 aromatic carbocycles. The molecule has 4 aromatic rings. The number of aromatic nitrogens is 2. The summed E-state index contributed by atoms with van der Waals surface area (Å²) in [5.74, 6) is 1.22. The molecule has 0 aliphatic rings. The number of halogens is 1. The van der Waals surface area contributed by atoms with Gasteiger partial charge in [-0.15, -0.1) is 0 Å². The van der Waals surface area contributed by atoms with Crippen LogP contribution in [0.3, 0.4) is 0 Å². The maximum absolute atomic E-state index is 13.2. The Labute approximate surface area is 155 Å². The zero-order valence-electron chi connectivity index (χ0n) is 14.0. The molecule has 0 amide bonds. The van der Waals surface area contributed by atoms with Crippen LogP contribution in [0, 0.1) is 0 Å². The molecule has 26 heavy (non-hydrogen) atoms. The highest BCUT2D eigenvalue weighted by Gasteiger charge is 2.16. The highest BCUT2D eigenvalue weighted by Crippen LogP contribution is 2.28. The van der Waals surface area contributed by atoms with Crippen LogP contribution in [0.5, 0.6) is 5.75 Å². The quantitative estimate of drug-likeness (QED) is 0.530. The van der Waals surface area contributed by atoms with Gasteiger partial charge < -0.3 is 4.74 Å². The fourth-order valence-corrected chi connectivity index (χ4v) is 3.15. The molecule has 0 N–H and O–H groups in total. The first-order valence-corrected chi connectivity index (χ1v) is 8.48. The lowest BCUT2D eigenvalue weighted by Gasteiger charge is -2.15. The van der Waals surface area contributed by atoms with Crippen LogP contribution in [0.1, 0.15) is 0 Å². The Morgan fingerprint density at radius 3 is 2.35 bits per heavy atom. The molecule has 4 nitrogen and oxygen atoms in total. The maximum Gasteiger partial charge on any atom is 0.266 e. The van der Waals surface area contributed by atoms with Crippen LogP contribution in [0.25, 0.3) is 28.0 Å². The second-order valence-electron chi connectivity index (χ2n) is 5.77. The summed E-state index contributed by atoms with van der Waals surface area (Å²) in [4.78, 5) is 18.0. The predicted octanol–water partition coefficient (Wildman–Crippen LogP) is 4.71. The first-order valence-electron chi connectivity index (χ1n) is 8.10. The van der Waals surface area contributed by atoms with E-state index in [9.17, 15) is 4.79 Å². The van der Waals surface area contributed by atoms with Crippen molar-refractivity contribution in [2.45, 2.75) is 0 Å². The minimum Gasteiger partial charge on any atom is -0.497 e. The van der Waals surface area contributed by atoms with Gasteiger partial charge in [-0.2, -0.15) is 0 Å². The smallest absolute Gasteiger partial charge is 0.266 e. The van der Waals surface area contributed by atoms with Crippen molar-refractivity contribution in [3.8, 4) is 22.8 Å². The van der Waals surface area contributed by atoms with Crippen molar-refractivity contribution < 1.29 is 4.74 Å². The molecular formula is C21H15ClN2O2. The van der Waals surface area contributed by atoms with E-state index in [0.717, 1.165) is 5.75 Å². The zero-order chi connectivity index (χ0) is 18.1. The maximum atomic E-state index is 13.2. The summed E-state index contributed by atoms with van der Waals surface area (Å²) in [6, 6.07) is 22.0. The standard InChI is InChI=1S/C21H15ClN2O2/c1-26-15-12-10-14(11-13-15)24-20(16-6-2-4-8-18(16)22)23-19-9-5-3-7-17(19)21(24)25/h2-13H,1H3. The highest BCUT2D eigenvalue weighted by molar-refractivity contribution is 6.33. The molecule has 0 aliphatic heterocycles. The molecule has 0 saturated heterocycles. The molecule has 0 spiro atoms. The van der Waals surface area contributed by atoms with Crippen molar-refractivity contribution >= 4 is 22.5 Å². The summed E-state index contributed by atoms with van der Waals surface area (Å²) in [6.07, 6.45) is 0. The summed E-state index contributed by atoms with van der Waals surface area (Å²) in [5.41, 5.74) is 1.89. The third kappa shape index (κ3) is 2.74. The lowest BCUT2D eigenvalue weighted by Crippen LogP contribution is -2.22. The zero-order valence-corrected chi connectivity index (χ0v) is 14.8. The van der Waals surface area contributed by atoms with Gasteiger partial charge in [0.1, 0.15) is 11.6 Å². The van der Waals surface area contributed by atoms with Gasteiger partial charge in [0.25, 0.3) is 5.56 Å². The average Bonchev–Trinajstić information content (AvgIpc) is 2.68. The normalized spacial score (nSPS) is 10.8. The van der Waals surface area contributed by atoms with Crippen molar-refractivity contribution in [3.63, 3.8) is 0 Å². The van der Waals surface area contributed by atoms with Crippen molar-refractivity contribution in [3.05, 3.63) is 88.2 Å². The van der Waals surface area contributed by atoms with E-state index in [2.05, 4.69) is 0 Å². The summed E-state index contributed by atoms with van der Waals surface area (Å²) >= 11 is 6.39. The van der Waals surface area contributed by atoms with E-state index in [-0.39, 0.29) is 5.56 Å². The van der Waals surface area contributed by atoms with Crippen LogP contribution in [0.15, 0.2) is 77.6 Å². The summed E-state index contributed by atoms with van der Waals surface area (Å²) in [6.45, 7) is 0. The molecule has 5 heteroatoms. The topological polar surface area (TPSA) is 44.1 Å². The first kappa shape index (κ1) is 16.4. The monoisotopic (exact) mass is 362 g/mol. The van der Waals surface area contributed by atoms with Crippen molar-refractivity contribution in [2.75, 3.05) is 7.11 Å². The molecule has 0 fully saturated rings. The van der Waals surface area contributed by atoms with E-state index < -0.39 is 0 Å². The van der Waals surface area contributed by atoms with E-state index in [1.165, 1.54) is 0 Å². The molecule has 0 aliphatic carbocycles. The highest BCUT2D eigenvalue weighted by atomic mass is 35.5. The minimum atomic E-state index is -0.143. The largest absolute Gasteiger partial charge is 0.497 e. The van der Waals surface area contributed by atoms with Crippen LogP contribution in [0.4, 0.5) is 0 Å². The molecule has 4 rings (SSSR count). The Bertz CT molecular complexity index is 1150. The van der Waals surface area contributed by atoms with E-state index >= 15 is 0 Å². The van der Waals surface area contributed by atoms with Crippen molar-refractivity contribution in [1.82, 2.24) is 9.55 Å². The van der Waals surface area contributed by atoms with Crippen molar-refractivity contribution in [2.24, 2.45) is 0 Å². The molecular weight excluding hydrogens is 348 g/mol. The van der Waals surface area contributed by atoms with Crippen LogP contribution in [-0.4, -0.2) is 16.7 Å². The Morgan fingerprint density at radius 2 is 1.62 bits per heavy atom. The lowest BCUT2D eigenvalue weighted by atomic mass is 10.1. The number of para-hydroxylation sites is 1. The fraction of sp³-hybridized carbons (Fsp3) is 0.0476. The SMILES string of the molecule is COc1ccc(-n2c(-c3ccccc3Cl)nc3ccccc3c2=O)cc1. The van der Waals surface area contributed by atoms with Gasteiger partial charge in [-0.25, -0.2) is 4.98 Å². The van der Waals surface area contributed by atoms with E-state index in [0.29, 0.717) is 33.0 Å². The number of hydrogen-bond donors (Lipinski definition) is 0. The van der Waals surface area contributed by atoms with Crippen LogP contribution in [0.2, 0.25) is 5.02 Å². The second kappa shape index (κ2) is 6.65. The van der Waals surface area contributed by atoms with Crippen LogP contribution < -0.4 is 10.3 Å². The third-order valence-corrected chi connectivity index (χ3v) is 4.55. The molecule has 0 unspecified atom stereocenters. The third-order valence-electron chi connectivity index (χ3n) is 4.22. The molecule has 128 valence electrons. The number of ether oxygens (including phenoxy) is 1. The fourth-order valence-electron chi connectivity index (χ4n) is 2.93. The average molecular weight is 363 g/mol. The predicted molar refractivity (Wildman–Crippen MR) is 104 cm³/mol. The van der Waals surface area contributed by atoms with E-state index in [1.54, 1.807) is 23.8 Å². The van der Waals surface area contributed by atoms with Gasteiger partial charge in [0.15, 0.2) is 0 Å². The summed E-state index contributed by atoms with van der Waals surface area (Å²) in [7, 11) is 1.61. The first-order chi connectivity index (χ1) is 12.7. The molecule has 0 radical (unpaired) electrons. The number of hydrogen-bond acceptors (Lipinski definition) is 3. The van der Waals surface area contributed by atoms with Gasteiger partial charge in [0, 0.05) is 5.56 Å². The number of benzene rings is 3. The summed E-state index contributed by atoms with van der Waals surface area (Å²) < 4.78 is 6.80. The number of nitrogens with zero attached hydrogens (tertiary/aromatic N) is 2. The van der Waals surface area contributed by atoms with Gasteiger partial charge in [0.2, 0.25) is 0 Å². The van der Waals surface area contributed by atoms with Crippen LogP contribution in [-0.2, 0) is 0 Å². The number of rotatable bonds is 3. The molecule has 0 atom stereocenters. The number of methoxy groups -OCH3 is 1. The van der Waals surface area contributed by atoms with E-state index in [1.807, 2.05) is 60.7 Å².